The van der Waals surface area contributed by atoms with Crippen molar-refractivity contribution in [1.29, 1.82) is 0 Å². The van der Waals surface area contributed by atoms with Gasteiger partial charge < -0.3 is 4.90 Å². The number of hydrogen-bond acceptors (Lipinski definition) is 3. The van der Waals surface area contributed by atoms with Gasteiger partial charge >= 0.3 is 0 Å². The van der Waals surface area contributed by atoms with Crippen LogP contribution in [0, 0.1) is 0 Å². The molecule has 1 rings (SSSR count). The maximum absolute atomic E-state index is 6.06. The van der Waals surface area contributed by atoms with Crippen LogP contribution in [0.4, 0.5) is 5.82 Å². The van der Waals surface area contributed by atoms with E-state index in [0.29, 0.717) is 11.1 Å². The Morgan fingerprint density at radius 3 is 2.80 bits per heavy atom. The SMILES string of the molecule is CC(C)N(CCCBr)c1ncncc1Cl. The Kier molecular flexibility index (Phi) is 5.32. The highest BCUT2D eigenvalue weighted by molar-refractivity contribution is 9.09. The van der Waals surface area contributed by atoms with Crippen molar-refractivity contribution in [1.82, 2.24) is 9.97 Å². The highest BCUT2D eigenvalue weighted by Gasteiger charge is 2.14. The molecule has 0 fully saturated rings. The van der Waals surface area contributed by atoms with Crippen LogP contribution < -0.4 is 4.90 Å². The largest absolute Gasteiger partial charge is 0.353 e. The van der Waals surface area contributed by atoms with E-state index in [1.165, 1.54) is 6.33 Å². The Morgan fingerprint density at radius 2 is 2.27 bits per heavy atom. The van der Waals surface area contributed by atoms with Crippen molar-refractivity contribution in [2.24, 2.45) is 0 Å². The molecule has 0 bridgehead atoms. The third-order valence-corrected chi connectivity index (χ3v) is 2.90. The fraction of sp³-hybridized carbons (Fsp3) is 0.600. The van der Waals surface area contributed by atoms with Crippen LogP contribution >= 0.6 is 27.5 Å². The van der Waals surface area contributed by atoms with Gasteiger partial charge in [-0.3, -0.25) is 0 Å². The van der Waals surface area contributed by atoms with Crippen molar-refractivity contribution in [3.63, 3.8) is 0 Å². The van der Waals surface area contributed by atoms with E-state index in [9.17, 15) is 0 Å². The topological polar surface area (TPSA) is 29.0 Å². The molecule has 0 aromatic carbocycles. The van der Waals surface area contributed by atoms with E-state index in [1.807, 2.05) is 0 Å². The van der Waals surface area contributed by atoms with Gasteiger partial charge in [-0.2, -0.15) is 0 Å². The van der Waals surface area contributed by atoms with E-state index >= 15 is 0 Å². The Bertz CT molecular complexity index is 306. The third-order valence-electron chi connectivity index (χ3n) is 2.08. The number of alkyl halides is 1. The molecule has 0 aliphatic heterocycles. The van der Waals surface area contributed by atoms with E-state index < -0.39 is 0 Å². The smallest absolute Gasteiger partial charge is 0.151 e. The van der Waals surface area contributed by atoms with E-state index in [1.54, 1.807) is 6.20 Å². The summed E-state index contributed by atoms with van der Waals surface area (Å²) in [6, 6.07) is 0.386. The predicted octanol–water partition coefficient (Wildman–Crippen LogP) is 3.13. The third kappa shape index (κ3) is 3.61. The highest BCUT2D eigenvalue weighted by atomic mass is 79.9. The summed E-state index contributed by atoms with van der Waals surface area (Å²) < 4.78 is 0. The molecule has 0 atom stereocenters. The summed E-state index contributed by atoms with van der Waals surface area (Å²) in [7, 11) is 0. The fourth-order valence-corrected chi connectivity index (χ4v) is 1.82. The van der Waals surface area contributed by atoms with Gasteiger partial charge in [-0.15, -0.1) is 0 Å². The van der Waals surface area contributed by atoms with Crippen LogP contribution in [0.3, 0.4) is 0 Å². The van der Waals surface area contributed by atoms with Gasteiger partial charge in [0.2, 0.25) is 0 Å². The predicted molar refractivity (Wildman–Crippen MR) is 67.9 cm³/mol. The van der Waals surface area contributed by atoms with Crippen molar-refractivity contribution in [2.45, 2.75) is 26.3 Å². The fourth-order valence-electron chi connectivity index (χ4n) is 1.36. The number of aromatic nitrogens is 2. The quantitative estimate of drug-likeness (QED) is 0.781. The van der Waals surface area contributed by atoms with Crippen molar-refractivity contribution >= 4 is 33.3 Å². The monoisotopic (exact) mass is 291 g/mol. The van der Waals surface area contributed by atoms with E-state index in [2.05, 4.69) is 44.6 Å². The van der Waals surface area contributed by atoms with E-state index in [4.69, 9.17) is 11.6 Å². The first-order chi connectivity index (χ1) is 7.16. The Morgan fingerprint density at radius 1 is 1.53 bits per heavy atom. The van der Waals surface area contributed by atoms with Crippen molar-refractivity contribution in [2.75, 3.05) is 16.8 Å². The van der Waals surface area contributed by atoms with Gasteiger partial charge in [0.1, 0.15) is 11.3 Å². The summed E-state index contributed by atoms with van der Waals surface area (Å²) in [6.45, 7) is 5.21. The van der Waals surface area contributed by atoms with Crippen LogP contribution in [-0.2, 0) is 0 Å². The molecule has 1 heterocycles. The molecule has 3 nitrogen and oxygen atoms in total. The zero-order valence-corrected chi connectivity index (χ0v) is 11.3. The van der Waals surface area contributed by atoms with Gasteiger partial charge in [-0.25, -0.2) is 9.97 Å². The lowest BCUT2D eigenvalue weighted by Gasteiger charge is -2.28. The molecular formula is C10H15BrClN3. The molecule has 0 amide bonds. The minimum Gasteiger partial charge on any atom is -0.353 e. The lowest BCUT2D eigenvalue weighted by molar-refractivity contribution is 0.664. The molecule has 0 unspecified atom stereocenters. The van der Waals surface area contributed by atoms with Gasteiger partial charge in [0.25, 0.3) is 0 Å². The number of anilines is 1. The van der Waals surface area contributed by atoms with Gasteiger partial charge in [0.05, 0.1) is 6.20 Å². The van der Waals surface area contributed by atoms with Crippen LogP contribution in [0.5, 0.6) is 0 Å². The van der Waals surface area contributed by atoms with Gasteiger partial charge in [-0.05, 0) is 20.3 Å². The zero-order valence-electron chi connectivity index (χ0n) is 8.95. The van der Waals surface area contributed by atoms with Crippen molar-refractivity contribution in [3.05, 3.63) is 17.5 Å². The molecule has 15 heavy (non-hydrogen) atoms. The number of nitrogens with zero attached hydrogens (tertiary/aromatic N) is 3. The molecule has 0 radical (unpaired) electrons. The number of rotatable bonds is 5. The van der Waals surface area contributed by atoms with Crippen molar-refractivity contribution in [3.8, 4) is 0 Å². The molecule has 0 aliphatic rings. The van der Waals surface area contributed by atoms with E-state index in [-0.39, 0.29) is 0 Å². The van der Waals surface area contributed by atoms with Gasteiger partial charge in [-0.1, -0.05) is 27.5 Å². The molecular weight excluding hydrogens is 277 g/mol. The summed E-state index contributed by atoms with van der Waals surface area (Å²) in [4.78, 5) is 10.3. The average Bonchev–Trinajstić information content (AvgIpc) is 2.20. The lowest BCUT2D eigenvalue weighted by atomic mass is 10.3. The lowest BCUT2D eigenvalue weighted by Crippen LogP contribution is -2.33. The number of halogens is 2. The molecule has 0 aliphatic carbocycles. The molecule has 1 aromatic heterocycles. The average molecular weight is 293 g/mol. The molecule has 84 valence electrons. The first-order valence-electron chi connectivity index (χ1n) is 4.95. The first kappa shape index (κ1) is 12.7. The Labute approximate surface area is 104 Å². The molecule has 5 heteroatoms. The first-order valence-corrected chi connectivity index (χ1v) is 6.45. The molecule has 0 saturated carbocycles. The molecule has 0 saturated heterocycles. The second kappa shape index (κ2) is 6.28. The summed E-state index contributed by atoms with van der Waals surface area (Å²) in [6.07, 6.45) is 4.23. The summed E-state index contributed by atoms with van der Waals surface area (Å²) in [5.74, 6) is 0.822. The highest BCUT2D eigenvalue weighted by Crippen LogP contribution is 2.23. The summed E-state index contributed by atoms with van der Waals surface area (Å²) in [5, 5.41) is 1.60. The Hall–Kier alpha value is -0.350. The molecule has 0 spiro atoms. The van der Waals surface area contributed by atoms with Crippen LogP contribution in [0.25, 0.3) is 0 Å². The van der Waals surface area contributed by atoms with E-state index in [0.717, 1.165) is 24.1 Å². The minimum absolute atomic E-state index is 0.386. The maximum Gasteiger partial charge on any atom is 0.151 e. The summed E-state index contributed by atoms with van der Waals surface area (Å²) >= 11 is 9.49. The zero-order chi connectivity index (χ0) is 11.3. The second-order valence-corrected chi connectivity index (χ2v) is 4.72. The Balaban J connectivity index is 2.84. The van der Waals surface area contributed by atoms with Gasteiger partial charge in [0, 0.05) is 17.9 Å². The van der Waals surface area contributed by atoms with Crippen LogP contribution in [0.15, 0.2) is 12.5 Å². The van der Waals surface area contributed by atoms with Crippen LogP contribution in [-0.4, -0.2) is 27.9 Å². The minimum atomic E-state index is 0.386. The van der Waals surface area contributed by atoms with Crippen molar-refractivity contribution < 1.29 is 0 Å². The normalized spacial score (nSPS) is 10.7. The van der Waals surface area contributed by atoms with Gasteiger partial charge in [0.15, 0.2) is 5.82 Å². The van der Waals surface area contributed by atoms with Crippen LogP contribution in [0.2, 0.25) is 5.02 Å². The maximum atomic E-state index is 6.06. The number of hydrogen-bond donors (Lipinski definition) is 0. The molecule has 0 N–H and O–H groups in total. The standard InChI is InChI=1S/C10H15BrClN3/c1-8(2)15(5-3-4-11)10-9(12)6-13-7-14-10/h6-8H,3-5H2,1-2H3. The summed E-state index contributed by atoms with van der Waals surface area (Å²) in [5.41, 5.74) is 0. The second-order valence-electron chi connectivity index (χ2n) is 3.52. The molecule has 1 aromatic rings. The van der Waals surface area contributed by atoms with Crippen LogP contribution in [0.1, 0.15) is 20.3 Å².